The van der Waals surface area contributed by atoms with Crippen LogP contribution >= 0.6 is 0 Å². The maximum absolute atomic E-state index is 5.27. The van der Waals surface area contributed by atoms with Gasteiger partial charge in [-0.1, -0.05) is 23.4 Å². The predicted molar refractivity (Wildman–Crippen MR) is 82.1 cm³/mol. The van der Waals surface area contributed by atoms with Gasteiger partial charge in [-0.3, -0.25) is 0 Å². The molecule has 0 radical (unpaired) electrons. The van der Waals surface area contributed by atoms with Crippen LogP contribution in [0.4, 0.5) is 0 Å². The minimum atomic E-state index is 0.536. The van der Waals surface area contributed by atoms with Crippen molar-refractivity contribution in [2.75, 3.05) is 0 Å². The molecule has 1 fully saturated rings. The van der Waals surface area contributed by atoms with Crippen LogP contribution in [-0.4, -0.2) is 19.9 Å². The van der Waals surface area contributed by atoms with Crippen molar-refractivity contribution in [3.8, 4) is 5.69 Å². The number of benzene rings is 1. The zero-order chi connectivity index (χ0) is 15.1. The van der Waals surface area contributed by atoms with Gasteiger partial charge in [0.2, 0.25) is 0 Å². The van der Waals surface area contributed by atoms with E-state index in [0.29, 0.717) is 12.3 Å². The standard InChI is InChI=1S/C17H18N4O/c1-11-15(12(2)22-20-11)10-16-18-17(13-8-9-13)19-21(16)14-6-4-3-5-7-14/h3-7,13H,8-10H2,1-2H3. The molecule has 0 atom stereocenters. The maximum Gasteiger partial charge on any atom is 0.154 e. The van der Waals surface area contributed by atoms with Crippen molar-refractivity contribution in [3.63, 3.8) is 0 Å². The van der Waals surface area contributed by atoms with Gasteiger partial charge in [-0.15, -0.1) is 0 Å². The summed E-state index contributed by atoms with van der Waals surface area (Å²) in [5, 5.41) is 8.77. The summed E-state index contributed by atoms with van der Waals surface area (Å²) < 4.78 is 7.23. The quantitative estimate of drug-likeness (QED) is 0.740. The first-order valence-electron chi connectivity index (χ1n) is 7.65. The normalized spacial score (nSPS) is 14.5. The molecule has 0 N–H and O–H groups in total. The lowest BCUT2D eigenvalue weighted by Crippen LogP contribution is -2.04. The van der Waals surface area contributed by atoms with Gasteiger partial charge in [-0.05, 0) is 38.8 Å². The van der Waals surface area contributed by atoms with Crippen LogP contribution in [-0.2, 0) is 6.42 Å². The van der Waals surface area contributed by atoms with Crippen LogP contribution in [0.25, 0.3) is 5.69 Å². The van der Waals surface area contributed by atoms with E-state index >= 15 is 0 Å². The van der Waals surface area contributed by atoms with E-state index in [4.69, 9.17) is 14.6 Å². The van der Waals surface area contributed by atoms with E-state index in [2.05, 4.69) is 17.3 Å². The minimum absolute atomic E-state index is 0.536. The molecule has 5 heteroatoms. The molecule has 2 aromatic heterocycles. The van der Waals surface area contributed by atoms with Gasteiger partial charge in [-0.25, -0.2) is 9.67 Å². The maximum atomic E-state index is 5.27. The molecular formula is C17H18N4O. The van der Waals surface area contributed by atoms with Crippen molar-refractivity contribution in [1.82, 2.24) is 19.9 Å². The first-order chi connectivity index (χ1) is 10.7. The topological polar surface area (TPSA) is 56.7 Å². The molecule has 0 saturated heterocycles. The van der Waals surface area contributed by atoms with Gasteiger partial charge in [0.1, 0.15) is 11.6 Å². The van der Waals surface area contributed by atoms with Crippen LogP contribution in [0.2, 0.25) is 0 Å². The van der Waals surface area contributed by atoms with Crippen LogP contribution in [0, 0.1) is 13.8 Å². The van der Waals surface area contributed by atoms with Gasteiger partial charge >= 0.3 is 0 Å². The Balaban J connectivity index is 1.77. The lowest BCUT2D eigenvalue weighted by Gasteiger charge is -2.05. The zero-order valence-electron chi connectivity index (χ0n) is 12.8. The third-order valence-corrected chi connectivity index (χ3v) is 4.15. The molecular weight excluding hydrogens is 276 g/mol. The fourth-order valence-electron chi connectivity index (χ4n) is 2.68. The SMILES string of the molecule is Cc1noc(C)c1Cc1nc(C2CC2)nn1-c1ccccc1. The number of nitrogens with zero attached hydrogens (tertiary/aromatic N) is 4. The summed E-state index contributed by atoms with van der Waals surface area (Å²) in [6, 6.07) is 10.2. The largest absolute Gasteiger partial charge is 0.361 e. The molecule has 0 unspecified atom stereocenters. The highest BCUT2D eigenvalue weighted by atomic mass is 16.5. The average molecular weight is 294 g/mol. The number of aryl methyl sites for hydroxylation is 2. The summed E-state index contributed by atoms with van der Waals surface area (Å²) >= 11 is 0. The smallest absolute Gasteiger partial charge is 0.154 e. The number of rotatable bonds is 4. The van der Waals surface area contributed by atoms with E-state index in [1.54, 1.807) is 0 Å². The molecule has 112 valence electrons. The third-order valence-electron chi connectivity index (χ3n) is 4.15. The number of hydrogen-bond acceptors (Lipinski definition) is 4. The Morgan fingerprint density at radius 3 is 2.59 bits per heavy atom. The fraction of sp³-hybridized carbons (Fsp3) is 0.353. The van der Waals surface area contributed by atoms with Crippen molar-refractivity contribution < 1.29 is 4.52 Å². The van der Waals surface area contributed by atoms with Crippen molar-refractivity contribution in [2.24, 2.45) is 0 Å². The molecule has 1 aliphatic carbocycles. The van der Waals surface area contributed by atoms with Gasteiger partial charge in [0, 0.05) is 17.9 Å². The summed E-state index contributed by atoms with van der Waals surface area (Å²) in [5.41, 5.74) is 3.07. The van der Waals surface area contributed by atoms with Gasteiger partial charge in [0.05, 0.1) is 11.4 Å². The average Bonchev–Trinajstić information content (AvgIpc) is 3.24. The van der Waals surface area contributed by atoms with E-state index in [9.17, 15) is 0 Å². The van der Waals surface area contributed by atoms with Crippen molar-refractivity contribution >= 4 is 0 Å². The third kappa shape index (κ3) is 2.32. The molecule has 1 aliphatic rings. The van der Waals surface area contributed by atoms with Crippen LogP contribution in [0.15, 0.2) is 34.9 Å². The highest BCUT2D eigenvalue weighted by molar-refractivity contribution is 5.34. The Hall–Kier alpha value is -2.43. The monoisotopic (exact) mass is 294 g/mol. The second-order valence-electron chi connectivity index (χ2n) is 5.89. The van der Waals surface area contributed by atoms with Gasteiger partial charge in [-0.2, -0.15) is 5.10 Å². The first-order valence-corrected chi connectivity index (χ1v) is 7.65. The predicted octanol–water partition coefficient (Wildman–Crippen LogP) is 3.34. The molecule has 1 aromatic carbocycles. The zero-order valence-corrected chi connectivity index (χ0v) is 12.8. The molecule has 4 rings (SSSR count). The number of aromatic nitrogens is 4. The summed E-state index contributed by atoms with van der Waals surface area (Å²) in [6.45, 7) is 3.91. The Labute approximate surface area is 129 Å². The van der Waals surface area contributed by atoms with Gasteiger partial charge < -0.3 is 4.52 Å². The molecule has 2 heterocycles. The number of para-hydroxylation sites is 1. The summed E-state index contributed by atoms with van der Waals surface area (Å²) in [6.07, 6.45) is 3.09. The van der Waals surface area contributed by atoms with E-state index in [1.165, 1.54) is 12.8 Å². The van der Waals surface area contributed by atoms with Crippen LogP contribution < -0.4 is 0 Å². The molecule has 5 nitrogen and oxygen atoms in total. The van der Waals surface area contributed by atoms with Crippen molar-refractivity contribution in [2.45, 2.75) is 39.0 Å². The molecule has 1 saturated carbocycles. The Bertz CT molecular complexity index is 780. The van der Waals surface area contributed by atoms with E-state index in [0.717, 1.165) is 34.4 Å². The number of hydrogen-bond donors (Lipinski definition) is 0. The minimum Gasteiger partial charge on any atom is -0.361 e. The first kappa shape index (κ1) is 13.2. The molecule has 22 heavy (non-hydrogen) atoms. The molecule has 0 bridgehead atoms. The van der Waals surface area contributed by atoms with Crippen LogP contribution in [0.3, 0.4) is 0 Å². The second kappa shape index (κ2) is 5.09. The Kier molecular flexibility index (Phi) is 3.06. The van der Waals surface area contributed by atoms with Crippen LogP contribution in [0.5, 0.6) is 0 Å². The lowest BCUT2D eigenvalue weighted by molar-refractivity contribution is 0.392. The highest BCUT2D eigenvalue weighted by Crippen LogP contribution is 2.38. The van der Waals surface area contributed by atoms with Gasteiger partial charge in [0.25, 0.3) is 0 Å². The molecule has 3 aromatic rings. The van der Waals surface area contributed by atoms with Crippen LogP contribution in [0.1, 0.15) is 47.4 Å². The van der Waals surface area contributed by atoms with E-state index in [-0.39, 0.29) is 0 Å². The molecule has 0 spiro atoms. The molecule has 0 amide bonds. The lowest BCUT2D eigenvalue weighted by atomic mass is 10.1. The fourth-order valence-corrected chi connectivity index (χ4v) is 2.68. The summed E-state index contributed by atoms with van der Waals surface area (Å²) in [5.74, 6) is 3.30. The highest BCUT2D eigenvalue weighted by Gasteiger charge is 2.29. The van der Waals surface area contributed by atoms with E-state index in [1.807, 2.05) is 36.7 Å². The Morgan fingerprint density at radius 2 is 1.95 bits per heavy atom. The van der Waals surface area contributed by atoms with Crippen molar-refractivity contribution in [1.29, 1.82) is 0 Å². The Morgan fingerprint density at radius 1 is 1.18 bits per heavy atom. The molecule has 0 aliphatic heterocycles. The van der Waals surface area contributed by atoms with Gasteiger partial charge in [0.15, 0.2) is 5.82 Å². The van der Waals surface area contributed by atoms with E-state index < -0.39 is 0 Å². The summed E-state index contributed by atoms with van der Waals surface area (Å²) in [4.78, 5) is 4.79. The summed E-state index contributed by atoms with van der Waals surface area (Å²) in [7, 11) is 0. The second-order valence-corrected chi connectivity index (χ2v) is 5.89. The van der Waals surface area contributed by atoms with Crippen molar-refractivity contribution in [3.05, 3.63) is 59.0 Å².